The van der Waals surface area contributed by atoms with Gasteiger partial charge in [0.05, 0.1) is 0 Å². The number of unbranched alkanes of at least 4 members (excludes halogenated alkanes) is 5. The number of rotatable bonds is 29. The molecule has 17 heteroatoms. The first-order valence-electron chi connectivity index (χ1n) is 17.6. The van der Waals surface area contributed by atoms with Crippen molar-refractivity contribution in [2.45, 2.75) is 121 Å². The van der Waals surface area contributed by atoms with Gasteiger partial charge in [-0.2, -0.15) is 0 Å². The number of aliphatic carboxylic acids is 4. The Hall–Kier alpha value is -5.22. The summed E-state index contributed by atoms with van der Waals surface area (Å²) in [5.41, 5.74) is 0.998. The van der Waals surface area contributed by atoms with Gasteiger partial charge in [0.15, 0.2) is 0 Å². The molecule has 0 aromatic heterocycles. The SMILES string of the molecule is O=C(O)CCC(NC(=O)NC(CCCCNC(=O)CCCCCCC(=O)NCCCCC(NC(=O)CCc1ccccc1)C(=O)O)C(=O)O)C(=O)O. The smallest absolute Gasteiger partial charge is 0.326 e. The summed E-state index contributed by atoms with van der Waals surface area (Å²) in [6.45, 7) is 0.702. The zero-order valence-electron chi connectivity index (χ0n) is 29.4. The Kier molecular flexibility index (Phi) is 22.9. The van der Waals surface area contributed by atoms with Crippen molar-refractivity contribution in [3.8, 4) is 0 Å². The van der Waals surface area contributed by atoms with Gasteiger partial charge >= 0.3 is 29.9 Å². The van der Waals surface area contributed by atoms with Crippen molar-refractivity contribution in [2.75, 3.05) is 13.1 Å². The Morgan fingerprint density at radius 1 is 0.481 bits per heavy atom. The first kappa shape index (κ1) is 44.8. The van der Waals surface area contributed by atoms with E-state index < -0.39 is 54.5 Å². The molecule has 3 atom stereocenters. The van der Waals surface area contributed by atoms with Crippen molar-refractivity contribution in [1.82, 2.24) is 26.6 Å². The van der Waals surface area contributed by atoms with Crippen molar-refractivity contribution in [2.24, 2.45) is 0 Å². The summed E-state index contributed by atoms with van der Waals surface area (Å²) >= 11 is 0. The molecule has 3 unspecified atom stereocenters. The predicted molar refractivity (Wildman–Crippen MR) is 187 cm³/mol. The number of hydrogen-bond acceptors (Lipinski definition) is 8. The molecule has 0 aliphatic heterocycles. The molecule has 0 fully saturated rings. The maximum Gasteiger partial charge on any atom is 0.326 e. The van der Waals surface area contributed by atoms with Gasteiger partial charge in [-0.05, 0) is 69.8 Å². The number of carbonyl (C=O) groups excluding carboxylic acids is 4. The van der Waals surface area contributed by atoms with Gasteiger partial charge in [0.1, 0.15) is 18.1 Å². The highest BCUT2D eigenvalue weighted by Crippen LogP contribution is 2.08. The third-order valence-corrected chi connectivity index (χ3v) is 8.01. The average Bonchev–Trinajstić information content (AvgIpc) is 3.09. The summed E-state index contributed by atoms with van der Waals surface area (Å²) < 4.78 is 0. The van der Waals surface area contributed by atoms with Gasteiger partial charge in [0.2, 0.25) is 17.7 Å². The number of carboxylic acids is 4. The molecule has 0 radical (unpaired) electrons. The molecule has 0 aliphatic carbocycles. The lowest BCUT2D eigenvalue weighted by Gasteiger charge is -2.18. The zero-order chi connectivity index (χ0) is 38.7. The Morgan fingerprint density at radius 2 is 0.942 bits per heavy atom. The third kappa shape index (κ3) is 22.5. The van der Waals surface area contributed by atoms with E-state index in [1.807, 2.05) is 30.3 Å². The van der Waals surface area contributed by atoms with Crippen LogP contribution in [0.3, 0.4) is 0 Å². The third-order valence-electron chi connectivity index (χ3n) is 8.01. The van der Waals surface area contributed by atoms with E-state index in [1.165, 1.54) is 0 Å². The predicted octanol–water partition coefficient (Wildman–Crippen LogP) is 2.17. The Morgan fingerprint density at radius 3 is 1.40 bits per heavy atom. The lowest BCUT2D eigenvalue weighted by Crippen LogP contribution is -2.51. The maximum atomic E-state index is 12.2. The van der Waals surface area contributed by atoms with E-state index in [1.54, 1.807) is 0 Å². The second kappa shape index (κ2) is 26.6. The number of benzene rings is 1. The minimum Gasteiger partial charge on any atom is -0.481 e. The average molecular weight is 736 g/mol. The van der Waals surface area contributed by atoms with Gasteiger partial charge in [0, 0.05) is 38.8 Å². The Labute approximate surface area is 302 Å². The fourth-order valence-electron chi connectivity index (χ4n) is 5.07. The van der Waals surface area contributed by atoms with E-state index in [0.29, 0.717) is 70.9 Å². The van der Waals surface area contributed by atoms with Crippen LogP contribution in [0.25, 0.3) is 0 Å². The largest absolute Gasteiger partial charge is 0.481 e. The summed E-state index contributed by atoms with van der Waals surface area (Å²) in [4.78, 5) is 93.4. The summed E-state index contributed by atoms with van der Waals surface area (Å²) in [6, 6.07) is 4.63. The van der Waals surface area contributed by atoms with E-state index in [-0.39, 0.29) is 43.4 Å². The molecule has 290 valence electrons. The highest BCUT2D eigenvalue weighted by Gasteiger charge is 2.25. The first-order valence-corrected chi connectivity index (χ1v) is 17.6. The van der Waals surface area contributed by atoms with Gasteiger partial charge in [-0.15, -0.1) is 0 Å². The van der Waals surface area contributed by atoms with Gasteiger partial charge < -0.3 is 47.0 Å². The number of amides is 5. The molecule has 52 heavy (non-hydrogen) atoms. The monoisotopic (exact) mass is 735 g/mol. The Bertz CT molecular complexity index is 1310. The molecule has 9 N–H and O–H groups in total. The number of aryl methyl sites for hydroxylation is 1. The molecule has 1 aromatic rings. The van der Waals surface area contributed by atoms with E-state index in [4.69, 9.17) is 10.2 Å². The second-order valence-electron chi connectivity index (χ2n) is 12.4. The molecule has 5 amide bonds. The number of hydrogen-bond donors (Lipinski definition) is 9. The quantitative estimate of drug-likeness (QED) is 0.0536. The van der Waals surface area contributed by atoms with Crippen LogP contribution < -0.4 is 26.6 Å². The lowest BCUT2D eigenvalue weighted by atomic mass is 10.1. The molecule has 0 bridgehead atoms. The van der Waals surface area contributed by atoms with E-state index >= 15 is 0 Å². The molecule has 0 heterocycles. The number of carboxylic acid groups (broad SMARTS) is 4. The lowest BCUT2D eigenvalue weighted by molar-refractivity contribution is -0.142. The van der Waals surface area contributed by atoms with Crippen LogP contribution in [0, 0.1) is 0 Å². The number of nitrogens with one attached hydrogen (secondary N) is 5. The van der Waals surface area contributed by atoms with Gasteiger partial charge in [0.25, 0.3) is 0 Å². The van der Waals surface area contributed by atoms with Gasteiger partial charge in [-0.3, -0.25) is 19.2 Å². The van der Waals surface area contributed by atoms with Crippen molar-refractivity contribution in [1.29, 1.82) is 0 Å². The van der Waals surface area contributed by atoms with Crippen molar-refractivity contribution >= 4 is 47.6 Å². The van der Waals surface area contributed by atoms with E-state index in [2.05, 4.69) is 26.6 Å². The van der Waals surface area contributed by atoms with Crippen molar-refractivity contribution < 1.29 is 58.8 Å². The minimum absolute atomic E-state index is 0.0276. The molecule has 1 rings (SSSR count). The number of urea groups is 1. The van der Waals surface area contributed by atoms with Crippen LogP contribution >= 0.6 is 0 Å². The molecule has 0 aliphatic rings. The van der Waals surface area contributed by atoms with Gasteiger partial charge in [-0.1, -0.05) is 43.2 Å². The maximum absolute atomic E-state index is 12.2. The summed E-state index contributed by atoms with van der Waals surface area (Å²) in [6.07, 6.45) is 5.45. The van der Waals surface area contributed by atoms with Crippen LogP contribution in [0.5, 0.6) is 0 Å². The summed E-state index contributed by atoms with van der Waals surface area (Å²) in [5, 5.41) is 49.0. The molecular formula is C35H53N5O12. The molecule has 0 spiro atoms. The highest BCUT2D eigenvalue weighted by molar-refractivity contribution is 5.86. The van der Waals surface area contributed by atoms with Gasteiger partial charge in [-0.25, -0.2) is 19.2 Å². The fourth-order valence-corrected chi connectivity index (χ4v) is 5.07. The van der Waals surface area contributed by atoms with Crippen LogP contribution in [0.15, 0.2) is 30.3 Å². The fraction of sp³-hybridized carbons (Fsp3) is 0.600. The first-order chi connectivity index (χ1) is 24.8. The standard InChI is InChI=1S/C35H53N5O12/c41-28(36-22-10-8-14-25(32(46)47)38-30(43)20-18-24-12-4-3-5-13-24)16-6-1-2-7-17-29(42)37-23-11-9-15-26(33(48)49)39-35(52)40-27(34(50)51)19-21-31(44)45/h3-5,12-13,25-27H,1-2,6-11,14-23H2,(H,36,41)(H,37,42)(H,38,43)(H,44,45)(H,46,47)(H,48,49)(H,50,51)(H2,39,40,52). The molecule has 17 nitrogen and oxygen atoms in total. The number of carbonyl (C=O) groups is 8. The van der Waals surface area contributed by atoms with Crippen LogP contribution in [-0.2, 0) is 40.0 Å². The summed E-state index contributed by atoms with van der Waals surface area (Å²) in [7, 11) is 0. The van der Waals surface area contributed by atoms with Crippen molar-refractivity contribution in [3.63, 3.8) is 0 Å². The highest BCUT2D eigenvalue weighted by atomic mass is 16.4. The van der Waals surface area contributed by atoms with Crippen molar-refractivity contribution in [3.05, 3.63) is 35.9 Å². The van der Waals surface area contributed by atoms with E-state index in [0.717, 1.165) is 18.4 Å². The topological polar surface area (TPSA) is 278 Å². The van der Waals surface area contributed by atoms with Crippen LogP contribution in [0.1, 0.15) is 102 Å². The molecule has 0 saturated heterocycles. The summed E-state index contributed by atoms with van der Waals surface area (Å²) in [5.74, 6) is -5.70. The van der Waals surface area contributed by atoms with Crippen LogP contribution in [-0.4, -0.2) is 99.3 Å². The minimum atomic E-state index is -1.49. The van der Waals surface area contributed by atoms with E-state index in [9.17, 15) is 48.6 Å². The van der Waals surface area contributed by atoms with Crippen LogP contribution in [0.4, 0.5) is 4.79 Å². The zero-order valence-corrected chi connectivity index (χ0v) is 29.4. The second-order valence-corrected chi connectivity index (χ2v) is 12.4. The Balaban J connectivity index is 2.10. The molecular weight excluding hydrogens is 682 g/mol. The molecule has 1 aromatic carbocycles. The van der Waals surface area contributed by atoms with Crippen LogP contribution in [0.2, 0.25) is 0 Å². The normalized spacial score (nSPS) is 12.4. The molecule has 0 saturated carbocycles.